The summed E-state index contributed by atoms with van der Waals surface area (Å²) in [6.45, 7) is 6.94. The highest BCUT2D eigenvalue weighted by Crippen LogP contribution is 2.28. The third kappa shape index (κ3) is 2.57. The highest BCUT2D eigenvalue weighted by Gasteiger charge is 2.23. The van der Waals surface area contributed by atoms with E-state index in [9.17, 15) is 0 Å². The molecule has 0 unspecified atom stereocenters. The second-order valence-corrected chi connectivity index (χ2v) is 5.69. The Hall–Kier alpha value is -2.16. The molecule has 0 fully saturated rings. The van der Waals surface area contributed by atoms with Crippen molar-refractivity contribution in [3.05, 3.63) is 59.6 Å². The molecule has 0 bridgehead atoms. The van der Waals surface area contributed by atoms with Crippen molar-refractivity contribution in [1.29, 1.82) is 0 Å². The molecule has 2 aliphatic rings. The van der Waals surface area contributed by atoms with Crippen LogP contribution in [0.25, 0.3) is 0 Å². The van der Waals surface area contributed by atoms with Gasteiger partial charge in [-0.15, -0.1) is 0 Å². The first-order valence-electron chi connectivity index (χ1n) is 6.80. The van der Waals surface area contributed by atoms with Crippen molar-refractivity contribution in [2.75, 3.05) is 0 Å². The lowest BCUT2D eigenvalue weighted by Crippen LogP contribution is -2.24. The molecule has 102 valence electrons. The highest BCUT2D eigenvalue weighted by molar-refractivity contribution is 6.23. The monoisotopic (exact) mass is 266 g/mol. The van der Waals surface area contributed by atoms with E-state index in [0.717, 1.165) is 17.2 Å². The Morgan fingerprint density at radius 3 is 2.90 bits per heavy atom. The molecule has 1 aromatic rings. The Kier molecular flexibility index (Phi) is 3.05. The minimum absolute atomic E-state index is 0.121. The van der Waals surface area contributed by atoms with Gasteiger partial charge in [-0.3, -0.25) is 9.98 Å². The van der Waals surface area contributed by atoms with Gasteiger partial charge >= 0.3 is 0 Å². The van der Waals surface area contributed by atoms with Gasteiger partial charge in [-0.05, 0) is 56.7 Å². The van der Waals surface area contributed by atoms with Gasteiger partial charge < -0.3 is 4.42 Å². The van der Waals surface area contributed by atoms with Gasteiger partial charge in [0.2, 0.25) is 0 Å². The summed E-state index contributed by atoms with van der Waals surface area (Å²) in [5.74, 6) is 0.876. The molecular weight excluding hydrogens is 248 g/mol. The van der Waals surface area contributed by atoms with Crippen LogP contribution >= 0.6 is 0 Å². The zero-order chi connectivity index (χ0) is 14.2. The van der Waals surface area contributed by atoms with E-state index in [4.69, 9.17) is 9.41 Å². The molecule has 0 radical (unpaired) electrons. The lowest BCUT2D eigenvalue weighted by molar-refractivity contribution is 0.513. The van der Waals surface area contributed by atoms with Crippen LogP contribution in [0.4, 0.5) is 0 Å². The van der Waals surface area contributed by atoms with Crippen LogP contribution in [-0.4, -0.2) is 17.0 Å². The maximum Gasteiger partial charge on any atom is 0.125 e. The summed E-state index contributed by atoms with van der Waals surface area (Å²) in [4.78, 5) is 9.31. The summed E-state index contributed by atoms with van der Waals surface area (Å²) in [5.41, 5.74) is 4.32. The van der Waals surface area contributed by atoms with Crippen LogP contribution in [0, 0.1) is 0 Å². The fourth-order valence-corrected chi connectivity index (χ4v) is 2.56. The summed E-state index contributed by atoms with van der Waals surface area (Å²) in [6.07, 6.45) is 10.0. The van der Waals surface area contributed by atoms with Crippen LogP contribution in [0.1, 0.15) is 26.5 Å². The van der Waals surface area contributed by atoms with Gasteiger partial charge in [-0.25, -0.2) is 0 Å². The molecule has 1 aliphatic carbocycles. The van der Waals surface area contributed by atoms with Crippen LogP contribution in [0.2, 0.25) is 0 Å². The van der Waals surface area contributed by atoms with E-state index >= 15 is 0 Å². The lowest BCUT2D eigenvalue weighted by atomic mass is 9.88. The summed E-state index contributed by atoms with van der Waals surface area (Å²) < 4.78 is 5.29. The zero-order valence-corrected chi connectivity index (χ0v) is 12.1. The van der Waals surface area contributed by atoms with Crippen LogP contribution in [-0.2, 0) is 6.54 Å². The summed E-state index contributed by atoms with van der Waals surface area (Å²) in [5, 5.41) is 0. The average Bonchev–Trinajstić information content (AvgIpc) is 2.88. The maximum absolute atomic E-state index is 5.29. The second kappa shape index (κ2) is 4.75. The number of aliphatic imine (C=N–C) groups is 2. The standard InChI is InChI=1S/C17H18N2O/c1-12-10-17(2,3)19-16-7-6-13(9-15(12)16)18-11-14-5-4-8-20-14/h4-10H,11H2,1-3H3. The van der Waals surface area contributed by atoms with Crippen molar-refractivity contribution in [2.45, 2.75) is 32.9 Å². The molecule has 1 aromatic heterocycles. The first-order chi connectivity index (χ1) is 9.53. The van der Waals surface area contributed by atoms with Gasteiger partial charge in [-0.1, -0.05) is 6.08 Å². The van der Waals surface area contributed by atoms with Crippen molar-refractivity contribution in [1.82, 2.24) is 0 Å². The predicted octanol–water partition coefficient (Wildman–Crippen LogP) is 3.90. The zero-order valence-electron chi connectivity index (χ0n) is 12.1. The number of hydrogen-bond donors (Lipinski definition) is 0. The van der Waals surface area contributed by atoms with Crippen molar-refractivity contribution in [3.8, 4) is 0 Å². The van der Waals surface area contributed by atoms with Crippen LogP contribution < -0.4 is 0 Å². The normalized spacial score (nSPS) is 22.1. The molecule has 2 heterocycles. The van der Waals surface area contributed by atoms with E-state index in [1.165, 1.54) is 11.1 Å². The molecule has 0 atom stereocenters. The van der Waals surface area contributed by atoms with Gasteiger partial charge in [0.25, 0.3) is 0 Å². The summed E-state index contributed by atoms with van der Waals surface area (Å²) in [6, 6.07) is 3.82. The quantitative estimate of drug-likeness (QED) is 0.748. The minimum Gasteiger partial charge on any atom is -0.467 e. The fraction of sp³-hybridized carbons (Fsp3) is 0.294. The number of dihydropyridines is 1. The number of allylic oxidation sites excluding steroid dienone is 5. The van der Waals surface area contributed by atoms with Crippen molar-refractivity contribution in [3.63, 3.8) is 0 Å². The van der Waals surface area contributed by atoms with Gasteiger partial charge in [0.05, 0.1) is 29.8 Å². The van der Waals surface area contributed by atoms with Crippen LogP contribution in [0.15, 0.2) is 68.2 Å². The molecule has 0 amide bonds. The molecule has 0 N–H and O–H groups in total. The molecule has 0 saturated heterocycles. The smallest absolute Gasteiger partial charge is 0.125 e. The molecule has 0 saturated carbocycles. The first kappa shape index (κ1) is 12.9. The summed E-state index contributed by atoms with van der Waals surface area (Å²) >= 11 is 0. The SMILES string of the molecule is CC1=CC(C)(C)N=C2C=CC(=NCc3ccco3)C=C12. The molecule has 0 aromatic carbocycles. The van der Waals surface area contributed by atoms with E-state index in [1.54, 1.807) is 6.26 Å². The molecule has 1 aliphatic heterocycles. The van der Waals surface area contributed by atoms with E-state index in [1.807, 2.05) is 18.2 Å². The predicted molar refractivity (Wildman–Crippen MR) is 82.3 cm³/mol. The number of nitrogens with zero attached hydrogens (tertiary/aromatic N) is 2. The Balaban J connectivity index is 1.86. The Morgan fingerprint density at radius 2 is 2.15 bits per heavy atom. The Morgan fingerprint density at radius 1 is 1.30 bits per heavy atom. The Labute approximate surface area is 119 Å². The molecule has 3 nitrogen and oxygen atoms in total. The largest absolute Gasteiger partial charge is 0.467 e. The van der Waals surface area contributed by atoms with Gasteiger partial charge in [-0.2, -0.15) is 0 Å². The van der Waals surface area contributed by atoms with Gasteiger partial charge in [0.15, 0.2) is 0 Å². The van der Waals surface area contributed by atoms with Gasteiger partial charge in [0.1, 0.15) is 5.76 Å². The van der Waals surface area contributed by atoms with E-state index < -0.39 is 0 Å². The molecule has 0 spiro atoms. The third-order valence-electron chi connectivity index (χ3n) is 3.38. The molecule has 3 heteroatoms. The first-order valence-corrected chi connectivity index (χ1v) is 6.80. The van der Waals surface area contributed by atoms with Crippen LogP contribution in [0.3, 0.4) is 0 Å². The Bertz CT molecular complexity index is 668. The number of rotatable bonds is 2. The van der Waals surface area contributed by atoms with E-state index in [2.05, 4.69) is 44.0 Å². The number of hydrogen-bond acceptors (Lipinski definition) is 3. The third-order valence-corrected chi connectivity index (χ3v) is 3.38. The second-order valence-electron chi connectivity index (χ2n) is 5.69. The molecular formula is C17H18N2O. The van der Waals surface area contributed by atoms with E-state index in [0.29, 0.717) is 6.54 Å². The minimum atomic E-state index is -0.121. The van der Waals surface area contributed by atoms with Crippen molar-refractivity contribution < 1.29 is 4.42 Å². The van der Waals surface area contributed by atoms with E-state index in [-0.39, 0.29) is 5.54 Å². The average molecular weight is 266 g/mol. The molecule has 3 rings (SSSR count). The topological polar surface area (TPSA) is 37.9 Å². The molecule has 20 heavy (non-hydrogen) atoms. The number of furan rings is 1. The number of fused-ring (bicyclic) bond motifs is 1. The van der Waals surface area contributed by atoms with Crippen molar-refractivity contribution >= 4 is 11.4 Å². The van der Waals surface area contributed by atoms with Gasteiger partial charge in [0, 0.05) is 5.57 Å². The van der Waals surface area contributed by atoms with Crippen molar-refractivity contribution in [2.24, 2.45) is 9.98 Å². The van der Waals surface area contributed by atoms with Crippen LogP contribution in [0.5, 0.6) is 0 Å². The lowest BCUT2D eigenvalue weighted by Gasteiger charge is -2.26. The fourth-order valence-electron chi connectivity index (χ4n) is 2.56. The summed E-state index contributed by atoms with van der Waals surface area (Å²) in [7, 11) is 0. The highest BCUT2D eigenvalue weighted by atomic mass is 16.3. The maximum atomic E-state index is 5.29.